The minimum Gasteiger partial charge on any atom is -0.332 e. The minimum atomic E-state index is 0.0889. The number of aromatic nitrogens is 2. The standard InChI is InChI=1S/C22H24ClN3O/c1-14(2)12-20-18-13-16(7-10-19(18)24-25-20)22(27)26-11-3-4-21(26)15-5-8-17(23)9-6-15/h5-10,13-14,21H,3-4,11-12H2,1-2H3,(H,24,25)/t21-/m0/s1. The summed E-state index contributed by atoms with van der Waals surface area (Å²) in [6, 6.07) is 13.8. The van der Waals surface area contributed by atoms with Crippen LogP contribution >= 0.6 is 11.6 Å². The zero-order valence-corrected chi connectivity index (χ0v) is 16.5. The van der Waals surface area contributed by atoms with Crippen molar-refractivity contribution >= 4 is 28.4 Å². The molecule has 0 aliphatic carbocycles. The van der Waals surface area contributed by atoms with Gasteiger partial charge in [0.2, 0.25) is 0 Å². The predicted octanol–water partition coefficient (Wildman–Crippen LogP) is 5.39. The van der Waals surface area contributed by atoms with Crippen molar-refractivity contribution in [3.05, 3.63) is 64.3 Å². The van der Waals surface area contributed by atoms with Crippen LogP contribution in [0.5, 0.6) is 0 Å². The Hall–Kier alpha value is -2.33. The number of H-pyrrole nitrogens is 1. The van der Waals surface area contributed by atoms with Gasteiger partial charge in [-0.25, -0.2) is 0 Å². The fourth-order valence-corrected chi connectivity index (χ4v) is 4.09. The largest absolute Gasteiger partial charge is 0.332 e. The van der Waals surface area contributed by atoms with E-state index in [0.29, 0.717) is 5.92 Å². The smallest absolute Gasteiger partial charge is 0.254 e. The number of hydrogen-bond donors (Lipinski definition) is 1. The van der Waals surface area contributed by atoms with Gasteiger partial charge in [-0.3, -0.25) is 9.89 Å². The molecule has 0 unspecified atom stereocenters. The number of amides is 1. The Bertz CT molecular complexity index is 961. The number of aromatic amines is 1. The van der Waals surface area contributed by atoms with Gasteiger partial charge in [-0.05, 0) is 61.1 Å². The second-order valence-electron chi connectivity index (χ2n) is 7.74. The van der Waals surface area contributed by atoms with E-state index < -0.39 is 0 Å². The van der Waals surface area contributed by atoms with Crippen molar-refractivity contribution in [2.45, 2.75) is 39.2 Å². The molecule has 4 rings (SSSR count). The Morgan fingerprint density at radius 1 is 1.26 bits per heavy atom. The van der Waals surface area contributed by atoms with Crippen molar-refractivity contribution in [3.63, 3.8) is 0 Å². The molecule has 1 fully saturated rings. The molecular weight excluding hydrogens is 358 g/mol. The number of halogens is 1. The maximum atomic E-state index is 13.3. The van der Waals surface area contributed by atoms with Crippen LogP contribution in [0.2, 0.25) is 5.02 Å². The van der Waals surface area contributed by atoms with E-state index in [0.717, 1.165) is 58.6 Å². The van der Waals surface area contributed by atoms with Crippen LogP contribution in [0.15, 0.2) is 42.5 Å². The van der Waals surface area contributed by atoms with Crippen LogP contribution in [0.4, 0.5) is 0 Å². The molecule has 1 atom stereocenters. The van der Waals surface area contributed by atoms with E-state index in [-0.39, 0.29) is 11.9 Å². The van der Waals surface area contributed by atoms with E-state index in [2.05, 4.69) is 24.0 Å². The van der Waals surface area contributed by atoms with Crippen molar-refractivity contribution in [2.75, 3.05) is 6.54 Å². The summed E-state index contributed by atoms with van der Waals surface area (Å²) in [5.74, 6) is 0.618. The van der Waals surface area contributed by atoms with Crippen molar-refractivity contribution in [1.82, 2.24) is 15.1 Å². The molecule has 1 amide bonds. The lowest BCUT2D eigenvalue weighted by molar-refractivity contribution is 0.0736. The fourth-order valence-electron chi connectivity index (χ4n) is 3.97. The second kappa shape index (κ2) is 7.35. The monoisotopic (exact) mass is 381 g/mol. The van der Waals surface area contributed by atoms with Gasteiger partial charge in [-0.2, -0.15) is 5.10 Å². The molecule has 2 heterocycles. The molecule has 0 saturated carbocycles. The van der Waals surface area contributed by atoms with Crippen LogP contribution in [-0.2, 0) is 6.42 Å². The lowest BCUT2D eigenvalue weighted by atomic mass is 10.0. The minimum absolute atomic E-state index is 0.0889. The van der Waals surface area contributed by atoms with E-state index in [1.165, 1.54) is 0 Å². The molecular formula is C22H24ClN3O. The zero-order valence-electron chi connectivity index (χ0n) is 15.7. The molecule has 1 aliphatic heterocycles. The van der Waals surface area contributed by atoms with E-state index >= 15 is 0 Å². The molecule has 5 heteroatoms. The van der Waals surface area contributed by atoms with Gasteiger partial charge in [0.05, 0.1) is 11.6 Å². The fraction of sp³-hybridized carbons (Fsp3) is 0.364. The molecule has 1 N–H and O–H groups in total. The third kappa shape index (κ3) is 3.59. The number of hydrogen-bond acceptors (Lipinski definition) is 2. The number of carbonyl (C=O) groups excluding carboxylic acids is 1. The summed E-state index contributed by atoms with van der Waals surface area (Å²) in [6.07, 6.45) is 2.93. The molecule has 0 radical (unpaired) electrons. The van der Waals surface area contributed by atoms with Gasteiger partial charge in [0.1, 0.15) is 0 Å². The van der Waals surface area contributed by atoms with Gasteiger partial charge >= 0.3 is 0 Å². The molecule has 4 nitrogen and oxygen atoms in total. The van der Waals surface area contributed by atoms with E-state index in [9.17, 15) is 4.79 Å². The first-order chi connectivity index (χ1) is 13.0. The van der Waals surface area contributed by atoms with Gasteiger partial charge in [0.25, 0.3) is 5.91 Å². The first-order valence-corrected chi connectivity index (χ1v) is 9.94. The average Bonchev–Trinajstić information content (AvgIpc) is 3.28. The molecule has 140 valence electrons. The Labute approximate surface area is 164 Å². The highest BCUT2D eigenvalue weighted by Crippen LogP contribution is 2.34. The molecule has 0 bridgehead atoms. The molecule has 0 spiro atoms. The van der Waals surface area contributed by atoms with Gasteiger partial charge in [-0.15, -0.1) is 0 Å². The quantitative estimate of drug-likeness (QED) is 0.658. The van der Waals surface area contributed by atoms with Gasteiger partial charge < -0.3 is 4.90 Å². The SMILES string of the molecule is CC(C)Cc1[nH]nc2ccc(C(=O)N3CCC[C@H]3c3ccc(Cl)cc3)cc12. The molecule has 2 aromatic carbocycles. The summed E-state index contributed by atoms with van der Waals surface area (Å²) in [5, 5.41) is 9.28. The number of fused-ring (bicyclic) bond motifs is 1. The lowest BCUT2D eigenvalue weighted by Crippen LogP contribution is -2.30. The van der Waals surface area contributed by atoms with Crippen LogP contribution in [-0.4, -0.2) is 27.5 Å². The van der Waals surface area contributed by atoms with E-state index in [4.69, 9.17) is 11.6 Å². The Kier molecular flexibility index (Phi) is 4.92. The summed E-state index contributed by atoms with van der Waals surface area (Å²) < 4.78 is 0. The molecule has 27 heavy (non-hydrogen) atoms. The number of nitrogens with one attached hydrogen (secondary N) is 1. The number of rotatable bonds is 4. The van der Waals surface area contributed by atoms with Crippen LogP contribution in [0, 0.1) is 5.92 Å². The third-order valence-electron chi connectivity index (χ3n) is 5.26. The van der Waals surface area contributed by atoms with Crippen LogP contribution < -0.4 is 0 Å². The molecule has 3 aromatic rings. The highest BCUT2D eigenvalue weighted by Gasteiger charge is 2.30. The van der Waals surface area contributed by atoms with Crippen molar-refractivity contribution in [3.8, 4) is 0 Å². The first-order valence-electron chi connectivity index (χ1n) is 9.56. The van der Waals surface area contributed by atoms with Crippen LogP contribution in [0.25, 0.3) is 10.9 Å². The number of nitrogens with zero attached hydrogens (tertiary/aromatic N) is 2. The van der Waals surface area contributed by atoms with Crippen molar-refractivity contribution < 1.29 is 4.79 Å². The Morgan fingerprint density at radius 2 is 2.04 bits per heavy atom. The maximum Gasteiger partial charge on any atom is 0.254 e. The highest BCUT2D eigenvalue weighted by atomic mass is 35.5. The molecule has 1 saturated heterocycles. The maximum absolute atomic E-state index is 13.3. The summed E-state index contributed by atoms with van der Waals surface area (Å²) >= 11 is 6.02. The second-order valence-corrected chi connectivity index (χ2v) is 8.18. The Morgan fingerprint density at radius 3 is 2.78 bits per heavy atom. The summed E-state index contributed by atoms with van der Waals surface area (Å²) in [5.41, 5.74) is 3.90. The summed E-state index contributed by atoms with van der Waals surface area (Å²) in [6.45, 7) is 5.15. The predicted molar refractivity (Wildman–Crippen MR) is 109 cm³/mol. The lowest BCUT2D eigenvalue weighted by Gasteiger charge is -2.25. The van der Waals surface area contributed by atoms with E-state index in [1.54, 1.807) is 0 Å². The zero-order chi connectivity index (χ0) is 19.0. The highest BCUT2D eigenvalue weighted by molar-refractivity contribution is 6.30. The third-order valence-corrected chi connectivity index (χ3v) is 5.51. The van der Waals surface area contributed by atoms with Gasteiger partial charge in [0, 0.05) is 28.2 Å². The average molecular weight is 382 g/mol. The van der Waals surface area contributed by atoms with Crippen LogP contribution in [0.1, 0.15) is 54.3 Å². The Balaban J connectivity index is 1.64. The summed E-state index contributed by atoms with van der Waals surface area (Å²) in [4.78, 5) is 15.3. The number of carbonyl (C=O) groups is 1. The topological polar surface area (TPSA) is 49.0 Å². The number of likely N-dealkylation sites (tertiary alicyclic amines) is 1. The van der Waals surface area contributed by atoms with Crippen molar-refractivity contribution in [1.29, 1.82) is 0 Å². The first kappa shape index (κ1) is 18.1. The normalized spacial score (nSPS) is 17.2. The number of benzene rings is 2. The van der Waals surface area contributed by atoms with Gasteiger partial charge in [0.15, 0.2) is 0 Å². The molecule has 1 aliphatic rings. The van der Waals surface area contributed by atoms with Crippen molar-refractivity contribution in [2.24, 2.45) is 5.92 Å². The molecule has 1 aromatic heterocycles. The van der Waals surface area contributed by atoms with Gasteiger partial charge in [-0.1, -0.05) is 37.6 Å². The van der Waals surface area contributed by atoms with E-state index in [1.807, 2.05) is 47.4 Å². The van der Waals surface area contributed by atoms with Crippen LogP contribution in [0.3, 0.4) is 0 Å². The summed E-state index contributed by atoms with van der Waals surface area (Å²) in [7, 11) is 0.